The normalized spacial score (nSPS) is 15.2. The molecule has 0 saturated heterocycles. The van der Waals surface area contributed by atoms with Crippen LogP contribution in [0.2, 0.25) is 0 Å². The Morgan fingerprint density at radius 2 is 1.81 bits per heavy atom. The van der Waals surface area contributed by atoms with Crippen LogP contribution in [-0.2, 0) is 4.79 Å². The molecule has 0 spiro atoms. The smallest absolute Gasteiger partial charge is 0.321 e. The number of fused-ring (bicyclic) bond motifs is 1. The fourth-order valence-electron chi connectivity index (χ4n) is 2.05. The van der Waals surface area contributed by atoms with Gasteiger partial charge in [-0.3, -0.25) is 19.3 Å². The van der Waals surface area contributed by atoms with Gasteiger partial charge in [0, 0.05) is 12.3 Å². The summed E-state index contributed by atoms with van der Waals surface area (Å²) in [7, 11) is 0. The minimum absolute atomic E-state index is 0.261. The van der Waals surface area contributed by atoms with Crippen molar-refractivity contribution in [2.75, 3.05) is 18.1 Å². The van der Waals surface area contributed by atoms with Crippen LogP contribution in [0, 0.1) is 0 Å². The van der Waals surface area contributed by atoms with E-state index in [4.69, 9.17) is 10.8 Å². The lowest BCUT2D eigenvalue weighted by Crippen LogP contribution is -2.33. The number of nitrogens with zero attached hydrogens (tertiary/aromatic N) is 1. The molecular formula is C14H16N2O4S. The average Bonchev–Trinajstić information content (AvgIpc) is 2.71. The highest BCUT2D eigenvalue weighted by Crippen LogP contribution is 2.22. The van der Waals surface area contributed by atoms with E-state index in [2.05, 4.69) is 0 Å². The average molecular weight is 308 g/mol. The summed E-state index contributed by atoms with van der Waals surface area (Å²) in [5, 5.41) is 8.64. The van der Waals surface area contributed by atoms with Crippen LogP contribution in [0.25, 0.3) is 0 Å². The predicted molar refractivity (Wildman–Crippen MR) is 79.4 cm³/mol. The molecule has 0 fully saturated rings. The van der Waals surface area contributed by atoms with Crippen molar-refractivity contribution in [1.82, 2.24) is 4.90 Å². The highest BCUT2D eigenvalue weighted by Gasteiger charge is 2.34. The van der Waals surface area contributed by atoms with E-state index in [1.165, 1.54) is 16.7 Å². The first kappa shape index (κ1) is 15.5. The molecule has 1 atom stereocenters. The quantitative estimate of drug-likeness (QED) is 0.571. The summed E-state index contributed by atoms with van der Waals surface area (Å²) < 4.78 is 0. The minimum atomic E-state index is -1.03. The van der Waals surface area contributed by atoms with E-state index in [1.807, 2.05) is 0 Å². The number of hydrogen-bond donors (Lipinski definition) is 2. The van der Waals surface area contributed by atoms with E-state index in [9.17, 15) is 14.4 Å². The molecule has 0 aliphatic carbocycles. The SMILES string of the molecule is NC(CSCCCN1C(=O)c2ccccc2C1=O)C(=O)O. The van der Waals surface area contributed by atoms with Crippen molar-refractivity contribution < 1.29 is 19.5 Å². The second-order valence-electron chi connectivity index (χ2n) is 4.68. The molecule has 1 aromatic rings. The van der Waals surface area contributed by atoms with Gasteiger partial charge in [-0.05, 0) is 24.3 Å². The molecule has 2 amide bonds. The zero-order valence-corrected chi connectivity index (χ0v) is 12.1. The zero-order valence-electron chi connectivity index (χ0n) is 11.3. The molecule has 21 heavy (non-hydrogen) atoms. The summed E-state index contributed by atoms with van der Waals surface area (Å²) in [4.78, 5) is 35.9. The van der Waals surface area contributed by atoms with Crippen molar-refractivity contribution in [1.29, 1.82) is 0 Å². The minimum Gasteiger partial charge on any atom is -0.480 e. The lowest BCUT2D eigenvalue weighted by molar-refractivity contribution is -0.137. The van der Waals surface area contributed by atoms with Crippen LogP contribution in [0.1, 0.15) is 27.1 Å². The Labute approximate surface area is 126 Å². The Morgan fingerprint density at radius 1 is 1.24 bits per heavy atom. The number of amides is 2. The molecule has 0 bridgehead atoms. The fourth-order valence-corrected chi connectivity index (χ4v) is 2.94. The van der Waals surface area contributed by atoms with Crippen LogP contribution < -0.4 is 5.73 Å². The van der Waals surface area contributed by atoms with Crippen molar-refractivity contribution in [2.45, 2.75) is 12.5 Å². The number of aliphatic carboxylic acids is 1. The first-order valence-electron chi connectivity index (χ1n) is 6.53. The number of carbonyl (C=O) groups is 3. The molecule has 1 aliphatic rings. The van der Waals surface area contributed by atoms with Gasteiger partial charge >= 0.3 is 5.97 Å². The van der Waals surface area contributed by atoms with Crippen LogP contribution >= 0.6 is 11.8 Å². The third kappa shape index (κ3) is 3.43. The number of benzene rings is 1. The Hall–Kier alpha value is -1.86. The van der Waals surface area contributed by atoms with Crippen molar-refractivity contribution in [2.24, 2.45) is 5.73 Å². The van der Waals surface area contributed by atoms with E-state index >= 15 is 0 Å². The van der Waals surface area contributed by atoms with Crippen molar-refractivity contribution in [3.63, 3.8) is 0 Å². The third-order valence-corrected chi connectivity index (χ3v) is 4.34. The fraction of sp³-hybridized carbons (Fsp3) is 0.357. The van der Waals surface area contributed by atoms with E-state index in [-0.39, 0.29) is 11.8 Å². The van der Waals surface area contributed by atoms with Gasteiger partial charge in [0.05, 0.1) is 11.1 Å². The Morgan fingerprint density at radius 3 is 2.33 bits per heavy atom. The standard InChI is InChI=1S/C14H16N2O4S/c15-11(14(19)20)8-21-7-3-6-16-12(17)9-4-1-2-5-10(9)13(16)18/h1-2,4-5,11H,3,6-8,15H2,(H,19,20). The lowest BCUT2D eigenvalue weighted by Gasteiger charge is -2.13. The van der Waals surface area contributed by atoms with Crippen molar-refractivity contribution in [3.05, 3.63) is 35.4 Å². The summed E-state index contributed by atoms with van der Waals surface area (Å²) in [6, 6.07) is 5.88. The lowest BCUT2D eigenvalue weighted by atomic mass is 10.1. The van der Waals surface area contributed by atoms with Gasteiger partial charge in [0.15, 0.2) is 0 Å². The largest absolute Gasteiger partial charge is 0.480 e. The van der Waals surface area contributed by atoms with E-state index < -0.39 is 12.0 Å². The van der Waals surface area contributed by atoms with Crippen molar-refractivity contribution >= 4 is 29.5 Å². The molecule has 1 aliphatic heterocycles. The number of imide groups is 1. The first-order valence-corrected chi connectivity index (χ1v) is 7.69. The summed E-state index contributed by atoms with van der Waals surface area (Å²) >= 11 is 1.40. The number of carboxylic acid groups (broad SMARTS) is 1. The summed E-state index contributed by atoms with van der Waals surface area (Å²) in [5.41, 5.74) is 6.28. The second kappa shape index (κ2) is 6.73. The molecule has 0 radical (unpaired) electrons. The summed E-state index contributed by atoms with van der Waals surface area (Å²) in [5.74, 6) is -0.584. The molecule has 1 unspecified atom stereocenters. The van der Waals surface area contributed by atoms with E-state index in [0.717, 1.165) is 0 Å². The number of nitrogens with two attached hydrogens (primary N) is 1. The van der Waals surface area contributed by atoms with Crippen molar-refractivity contribution in [3.8, 4) is 0 Å². The molecule has 0 aromatic heterocycles. The Balaban J connectivity index is 1.79. The molecule has 2 rings (SSSR count). The predicted octanol–water partition coefficient (Wildman–Crippen LogP) is 0.818. The number of carbonyl (C=O) groups excluding carboxylic acids is 2. The Kier molecular flexibility index (Phi) is 4.98. The van der Waals surface area contributed by atoms with Crippen LogP contribution in [0.5, 0.6) is 0 Å². The molecule has 0 saturated carbocycles. The number of carboxylic acids is 1. The number of thioether (sulfide) groups is 1. The molecular weight excluding hydrogens is 292 g/mol. The number of hydrogen-bond acceptors (Lipinski definition) is 5. The van der Waals surface area contributed by atoms with E-state index in [0.29, 0.717) is 35.6 Å². The van der Waals surface area contributed by atoms with E-state index in [1.54, 1.807) is 24.3 Å². The van der Waals surface area contributed by atoms with Gasteiger partial charge in [-0.2, -0.15) is 11.8 Å². The van der Waals surface area contributed by atoms with Gasteiger partial charge < -0.3 is 10.8 Å². The van der Waals surface area contributed by atoms with Crippen LogP contribution in [0.3, 0.4) is 0 Å². The second-order valence-corrected chi connectivity index (χ2v) is 5.83. The summed E-state index contributed by atoms with van der Waals surface area (Å²) in [6.07, 6.45) is 0.614. The molecule has 1 aromatic carbocycles. The third-order valence-electron chi connectivity index (χ3n) is 3.16. The number of rotatable bonds is 7. The topological polar surface area (TPSA) is 101 Å². The van der Waals surface area contributed by atoms with Crippen LogP contribution in [0.15, 0.2) is 24.3 Å². The monoisotopic (exact) mass is 308 g/mol. The van der Waals surface area contributed by atoms with Gasteiger partial charge in [-0.25, -0.2) is 0 Å². The first-order chi connectivity index (χ1) is 10.0. The molecule has 1 heterocycles. The maximum Gasteiger partial charge on any atom is 0.321 e. The summed E-state index contributed by atoms with van der Waals surface area (Å²) in [6.45, 7) is 0.335. The maximum atomic E-state index is 12.1. The molecule has 7 heteroatoms. The Bertz CT molecular complexity index is 541. The van der Waals surface area contributed by atoms with Gasteiger partial charge in [0.2, 0.25) is 0 Å². The zero-order chi connectivity index (χ0) is 15.4. The molecule has 3 N–H and O–H groups in total. The van der Waals surface area contributed by atoms with Gasteiger partial charge in [0.1, 0.15) is 6.04 Å². The molecule has 112 valence electrons. The van der Waals surface area contributed by atoms with Gasteiger partial charge in [-0.1, -0.05) is 12.1 Å². The maximum absolute atomic E-state index is 12.1. The molecule has 6 nitrogen and oxygen atoms in total. The van der Waals surface area contributed by atoms with Gasteiger partial charge in [-0.15, -0.1) is 0 Å². The highest BCUT2D eigenvalue weighted by atomic mass is 32.2. The van der Waals surface area contributed by atoms with Crippen LogP contribution in [-0.4, -0.2) is 51.9 Å². The van der Waals surface area contributed by atoms with Gasteiger partial charge in [0.25, 0.3) is 11.8 Å². The van der Waals surface area contributed by atoms with Crippen LogP contribution in [0.4, 0.5) is 0 Å². The highest BCUT2D eigenvalue weighted by molar-refractivity contribution is 7.99.